The van der Waals surface area contributed by atoms with Crippen LogP contribution in [0.4, 0.5) is 13.2 Å². The number of halogens is 3. The van der Waals surface area contributed by atoms with Gasteiger partial charge in [-0.1, -0.05) is 31.4 Å². The Balaban J connectivity index is 2.01. The normalized spacial score (nSPS) is 15.0. The molecule has 0 fully saturated rings. The highest BCUT2D eigenvalue weighted by Crippen LogP contribution is 2.34. The molecule has 12 heteroatoms. The van der Waals surface area contributed by atoms with E-state index in [2.05, 4.69) is 16.1 Å². The number of aliphatic hydroxyl groups excluding tert-OH is 1. The maximum Gasteiger partial charge on any atom is 0.525 e. The Bertz CT molecular complexity index is 1220. The largest absolute Gasteiger partial charge is 0.525 e. The third-order valence-corrected chi connectivity index (χ3v) is 5.34. The van der Waals surface area contributed by atoms with Crippen LogP contribution in [0.15, 0.2) is 30.3 Å². The summed E-state index contributed by atoms with van der Waals surface area (Å²) < 4.78 is 69.5. The van der Waals surface area contributed by atoms with Crippen LogP contribution in [0.2, 0.25) is 0 Å². The Morgan fingerprint density at radius 2 is 1.78 bits per heavy atom. The van der Waals surface area contributed by atoms with E-state index in [1.165, 1.54) is 30.3 Å². The lowest BCUT2D eigenvalue weighted by Gasteiger charge is -2.25. The maximum absolute atomic E-state index is 12.7. The monoisotopic (exact) mass is 471 g/mol. The lowest BCUT2D eigenvalue weighted by molar-refractivity contribution is -0.0761. The molecule has 2 aromatic carbocycles. The predicted molar refractivity (Wildman–Crippen MR) is 104 cm³/mol. The number of hydroxylamine groups is 2. The number of carbonyl (C=O) groups is 2. The summed E-state index contributed by atoms with van der Waals surface area (Å²) in [6, 6.07) is 6.62. The standard InChI is InChI=1S/C20H16F3NO7S/c1-2-3-11-30-16(25)10-8-12-7-9-15-17-13(12)5-4-6-14(17)18(26)24(19(15)27)31-32(28,29)20(21,22)23/h4-7,9,16,25H,2-3,11H2,1H3. The van der Waals surface area contributed by atoms with E-state index in [-0.39, 0.29) is 16.5 Å². The number of hydrogen-bond acceptors (Lipinski definition) is 7. The molecule has 0 aliphatic carbocycles. The van der Waals surface area contributed by atoms with Crippen molar-refractivity contribution in [3.05, 3.63) is 47.0 Å². The molecule has 3 rings (SSSR count). The van der Waals surface area contributed by atoms with Crippen molar-refractivity contribution in [2.75, 3.05) is 6.61 Å². The number of carbonyl (C=O) groups excluding carboxylic acids is 2. The van der Waals surface area contributed by atoms with E-state index < -0.39 is 38.8 Å². The van der Waals surface area contributed by atoms with E-state index in [0.717, 1.165) is 12.8 Å². The number of imide groups is 1. The van der Waals surface area contributed by atoms with Gasteiger partial charge in [0.25, 0.3) is 11.8 Å². The van der Waals surface area contributed by atoms with E-state index in [1.54, 1.807) is 0 Å². The summed E-state index contributed by atoms with van der Waals surface area (Å²) in [5, 5.41) is 9.73. The molecule has 0 aromatic heterocycles. The Labute approximate surface area is 180 Å². The van der Waals surface area contributed by atoms with Crippen LogP contribution in [0.25, 0.3) is 10.8 Å². The second-order valence-corrected chi connectivity index (χ2v) is 8.13. The quantitative estimate of drug-likeness (QED) is 0.227. The van der Waals surface area contributed by atoms with Gasteiger partial charge in [-0.3, -0.25) is 9.59 Å². The number of ether oxygens (including phenoxy) is 1. The minimum atomic E-state index is -6.25. The van der Waals surface area contributed by atoms with Crippen molar-refractivity contribution in [1.82, 2.24) is 5.06 Å². The van der Waals surface area contributed by atoms with Crippen LogP contribution in [0.3, 0.4) is 0 Å². The Kier molecular flexibility index (Phi) is 6.56. The molecule has 1 aliphatic heterocycles. The number of alkyl halides is 3. The fourth-order valence-corrected chi connectivity index (χ4v) is 3.33. The number of amides is 2. The Hall–Kier alpha value is -2.98. The average Bonchev–Trinajstić information content (AvgIpc) is 2.73. The number of rotatable bonds is 6. The minimum Gasteiger partial charge on any atom is -0.358 e. The summed E-state index contributed by atoms with van der Waals surface area (Å²) in [5.41, 5.74) is -6.03. The van der Waals surface area contributed by atoms with E-state index in [9.17, 15) is 36.3 Å². The second-order valence-electron chi connectivity index (χ2n) is 6.61. The van der Waals surface area contributed by atoms with Gasteiger partial charge in [-0.15, -0.1) is 9.35 Å². The van der Waals surface area contributed by atoms with Gasteiger partial charge in [0.1, 0.15) is 0 Å². The first-order valence-electron chi connectivity index (χ1n) is 9.24. The second kappa shape index (κ2) is 8.87. The SMILES string of the molecule is CCCCOC(O)C#Cc1ccc2c3c(cccc13)C(=O)N(OS(=O)(=O)C(F)(F)F)C2=O. The van der Waals surface area contributed by atoms with Crippen LogP contribution < -0.4 is 0 Å². The number of hydrogen-bond donors (Lipinski definition) is 1. The van der Waals surface area contributed by atoms with Gasteiger partial charge in [0.15, 0.2) is 0 Å². The molecule has 0 saturated carbocycles. The molecule has 1 aliphatic rings. The fourth-order valence-electron chi connectivity index (χ4n) is 2.91. The third-order valence-electron chi connectivity index (χ3n) is 4.43. The summed E-state index contributed by atoms with van der Waals surface area (Å²) >= 11 is 0. The molecule has 0 spiro atoms. The van der Waals surface area contributed by atoms with Gasteiger partial charge in [-0.05, 0) is 35.9 Å². The van der Waals surface area contributed by atoms with Crippen LogP contribution in [-0.4, -0.2) is 48.8 Å². The zero-order chi connectivity index (χ0) is 23.7. The number of nitrogens with zero attached hydrogens (tertiary/aromatic N) is 1. The van der Waals surface area contributed by atoms with Gasteiger partial charge in [0.05, 0.1) is 17.7 Å². The van der Waals surface area contributed by atoms with Crippen LogP contribution in [-0.2, 0) is 19.1 Å². The van der Waals surface area contributed by atoms with E-state index in [0.29, 0.717) is 17.6 Å². The molecule has 0 saturated heterocycles. The zero-order valence-electron chi connectivity index (χ0n) is 16.5. The third kappa shape index (κ3) is 4.46. The van der Waals surface area contributed by atoms with Gasteiger partial charge >= 0.3 is 15.6 Å². The molecule has 1 N–H and O–H groups in total. The van der Waals surface area contributed by atoms with Crippen molar-refractivity contribution in [3.63, 3.8) is 0 Å². The highest BCUT2D eigenvalue weighted by molar-refractivity contribution is 7.87. The zero-order valence-corrected chi connectivity index (χ0v) is 17.3. The van der Waals surface area contributed by atoms with Crippen LogP contribution in [0.1, 0.15) is 46.0 Å². The lowest BCUT2D eigenvalue weighted by Crippen LogP contribution is -2.44. The Morgan fingerprint density at radius 1 is 1.12 bits per heavy atom. The smallest absolute Gasteiger partial charge is 0.358 e. The molecule has 1 atom stereocenters. The molecular weight excluding hydrogens is 455 g/mol. The molecule has 0 bridgehead atoms. The lowest BCUT2D eigenvalue weighted by atomic mass is 9.92. The fraction of sp³-hybridized carbons (Fsp3) is 0.300. The van der Waals surface area contributed by atoms with Crippen LogP contribution in [0, 0.1) is 11.8 Å². The molecule has 32 heavy (non-hydrogen) atoms. The highest BCUT2D eigenvalue weighted by Gasteiger charge is 2.51. The van der Waals surface area contributed by atoms with E-state index >= 15 is 0 Å². The van der Waals surface area contributed by atoms with Crippen LogP contribution >= 0.6 is 0 Å². The molecule has 170 valence electrons. The first kappa shape index (κ1) is 23.7. The summed E-state index contributed by atoms with van der Waals surface area (Å²) in [5.74, 6) is 2.40. The van der Waals surface area contributed by atoms with Gasteiger partial charge in [0, 0.05) is 10.9 Å². The van der Waals surface area contributed by atoms with Crippen molar-refractivity contribution < 1.29 is 45.3 Å². The summed E-state index contributed by atoms with van der Waals surface area (Å²) in [6.07, 6.45) is 0.224. The molecule has 1 unspecified atom stereocenters. The van der Waals surface area contributed by atoms with Gasteiger partial charge < -0.3 is 9.84 Å². The van der Waals surface area contributed by atoms with Crippen molar-refractivity contribution in [2.24, 2.45) is 0 Å². The predicted octanol–water partition coefficient (Wildman–Crippen LogP) is 2.70. The van der Waals surface area contributed by atoms with E-state index in [1.807, 2.05) is 6.92 Å². The topological polar surface area (TPSA) is 110 Å². The highest BCUT2D eigenvalue weighted by atomic mass is 32.2. The molecule has 2 amide bonds. The number of benzene rings is 2. The molecule has 1 heterocycles. The summed E-state index contributed by atoms with van der Waals surface area (Å²) in [4.78, 5) is 25.2. The van der Waals surface area contributed by atoms with Gasteiger partial charge in [0.2, 0.25) is 6.29 Å². The van der Waals surface area contributed by atoms with Gasteiger partial charge in [-0.2, -0.15) is 21.6 Å². The minimum absolute atomic E-state index is 0.0694. The first-order chi connectivity index (χ1) is 15.0. The van der Waals surface area contributed by atoms with Crippen molar-refractivity contribution >= 4 is 32.7 Å². The molecule has 0 radical (unpaired) electrons. The maximum atomic E-state index is 12.7. The van der Waals surface area contributed by atoms with Crippen LogP contribution in [0.5, 0.6) is 0 Å². The Morgan fingerprint density at radius 3 is 2.41 bits per heavy atom. The molecule has 2 aromatic rings. The van der Waals surface area contributed by atoms with Crippen molar-refractivity contribution in [2.45, 2.75) is 31.6 Å². The number of aliphatic hydroxyl groups is 1. The van der Waals surface area contributed by atoms with Crippen molar-refractivity contribution in [3.8, 4) is 11.8 Å². The first-order valence-corrected chi connectivity index (χ1v) is 10.7. The van der Waals surface area contributed by atoms with E-state index in [4.69, 9.17) is 4.74 Å². The summed E-state index contributed by atoms with van der Waals surface area (Å²) in [7, 11) is -6.25. The average molecular weight is 471 g/mol. The van der Waals surface area contributed by atoms with Crippen molar-refractivity contribution in [1.29, 1.82) is 0 Å². The molecular formula is C20H16F3NO7S. The number of unbranched alkanes of at least 4 members (excludes halogenated alkanes) is 1. The van der Waals surface area contributed by atoms with Gasteiger partial charge in [-0.25, -0.2) is 0 Å². The summed E-state index contributed by atoms with van der Waals surface area (Å²) in [6.45, 7) is 2.25. The molecule has 8 nitrogen and oxygen atoms in total.